The predicted molar refractivity (Wildman–Crippen MR) is 99.3 cm³/mol. The maximum atomic E-state index is 12.4. The molecule has 1 unspecified atom stereocenters. The molecule has 2 fully saturated rings. The van der Waals surface area contributed by atoms with Gasteiger partial charge in [0.15, 0.2) is 9.84 Å². The first-order chi connectivity index (χ1) is 12.4. The van der Waals surface area contributed by atoms with Crippen molar-refractivity contribution in [3.8, 4) is 0 Å². The average Bonchev–Trinajstić information content (AvgIpc) is 2.99. The van der Waals surface area contributed by atoms with Gasteiger partial charge in [0.1, 0.15) is 0 Å². The van der Waals surface area contributed by atoms with E-state index in [1.807, 2.05) is 35.2 Å². The molecule has 0 bridgehead atoms. The van der Waals surface area contributed by atoms with Crippen molar-refractivity contribution in [1.29, 1.82) is 0 Å². The van der Waals surface area contributed by atoms with E-state index < -0.39 is 9.84 Å². The lowest BCUT2D eigenvalue weighted by molar-refractivity contribution is -0.135. The summed E-state index contributed by atoms with van der Waals surface area (Å²) in [6.07, 6.45) is 3.01. The summed E-state index contributed by atoms with van der Waals surface area (Å²) in [6, 6.07) is 9.69. The number of amides is 2. The molecular formula is C19H26N2O4S. The Labute approximate surface area is 154 Å². The van der Waals surface area contributed by atoms with Gasteiger partial charge < -0.3 is 10.2 Å². The molecule has 142 valence electrons. The van der Waals surface area contributed by atoms with Gasteiger partial charge in [-0.25, -0.2) is 8.42 Å². The second kappa shape index (κ2) is 8.20. The zero-order valence-corrected chi connectivity index (χ0v) is 15.7. The number of sulfone groups is 1. The Morgan fingerprint density at radius 3 is 2.38 bits per heavy atom. The molecular weight excluding hydrogens is 352 g/mol. The number of benzene rings is 1. The number of carbonyl (C=O) groups excluding carboxylic acids is 2. The first kappa shape index (κ1) is 18.9. The van der Waals surface area contributed by atoms with Crippen LogP contribution in [-0.4, -0.2) is 55.8 Å². The topological polar surface area (TPSA) is 83.6 Å². The van der Waals surface area contributed by atoms with Crippen LogP contribution >= 0.6 is 0 Å². The smallest absolute Gasteiger partial charge is 0.223 e. The van der Waals surface area contributed by atoms with Crippen molar-refractivity contribution in [3.63, 3.8) is 0 Å². The molecule has 2 amide bonds. The Balaban J connectivity index is 1.40. The van der Waals surface area contributed by atoms with Crippen LogP contribution in [0.3, 0.4) is 0 Å². The van der Waals surface area contributed by atoms with Crippen LogP contribution in [0.25, 0.3) is 0 Å². The molecule has 1 N–H and O–H groups in total. The predicted octanol–water partition coefficient (Wildman–Crippen LogP) is 1.16. The van der Waals surface area contributed by atoms with E-state index in [1.165, 1.54) is 0 Å². The fraction of sp³-hybridized carbons (Fsp3) is 0.579. The molecule has 0 aliphatic carbocycles. The van der Waals surface area contributed by atoms with Crippen LogP contribution < -0.4 is 5.32 Å². The number of carbonyl (C=O) groups is 2. The molecule has 3 rings (SSSR count). The molecule has 2 heterocycles. The first-order valence-corrected chi connectivity index (χ1v) is 11.1. The van der Waals surface area contributed by atoms with Gasteiger partial charge in [-0.2, -0.15) is 0 Å². The molecule has 1 atom stereocenters. The van der Waals surface area contributed by atoms with E-state index in [9.17, 15) is 18.0 Å². The van der Waals surface area contributed by atoms with Crippen molar-refractivity contribution >= 4 is 21.7 Å². The third-order valence-corrected chi connectivity index (χ3v) is 7.04. The van der Waals surface area contributed by atoms with E-state index in [4.69, 9.17) is 0 Å². The summed E-state index contributed by atoms with van der Waals surface area (Å²) in [5, 5.41) is 2.87. The zero-order valence-electron chi connectivity index (χ0n) is 14.9. The lowest BCUT2D eigenvalue weighted by atomic mass is 9.95. The third-order valence-electron chi connectivity index (χ3n) is 5.27. The lowest BCUT2D eigenvalue weighted by Gasteiger charge is -2.32. The second-order valence-electron chi connectivity index (χ2n) is 7.25. The summed E-state index contributed by atoms with van der Waals surface area (Å²) in [4.78, 5) is 26.5. The van der Waals surface area contributed by atoms with Crippen molar-refractivity contribution in [2.45, 2.75) is 38.1 Å². The summed E-state index contributed by atoms with van der Waals surface area (Å²) in [7, 11) is -2.99. The van der Waals surface area contributed by atoms with Crippen LogP contribution in [0.4, 0.5) is 0 Å². The quantitative estimate of drug-likeness (QED) is 0.833. The highest BCUT2D eigenvalue weighted by Gasteiger charge is 2.32. The fourth-order valence-electron chi connectivity index (χ4n) is 3.67. The van der Waals surface area contributed by atoms with Gasteiger partial charge in [-0.3, -0.25) is 9.59 Å². The number of piperidine rings is 1. The van der Waals surface area contributed by atoms with E-state index in [1.54, 1.807) is 0 Å². The summed E-state index contributed by atoms with van der Waals surface area (Å²) < 4.78 is 23.0. The Hall–Kier alpha value is -1.89. The summed E-state index contributed by atoms with van der Waals surface area (Å²) in [5.41, 5.74) is 1.15. The van der Waals surface area contributed by atoms with Gasteiger partial charge in [-0.05, 0) is 31.2 Å². The van der Waals surface area contributed by atoms with E-state index >= 15 is 0 Å². The summed E-state index contributed by atoms with van der Waals surface area (Å²) >= 11 is 0. The van der Waals surface area contributed by atoms with Crippen LogP contribution in [-0.2, 0) is 25.8 Å². The number of likely N-dealkylation sites (tertiary alicyclic amines) is 1. The van der Waals surface area contributed by atoms with Crippen molar-refractivity contribution in [2.75, 3.05) is 24.6 Å². The normalized spacial score (nSPS) is 22.9. The van der Waals surface area contributed by atoms with E-state index in [0.29, 0.717) is 38.8 Å². The van der Waals surface area contributed by atoms with Gasteiger partial charge in [0.25, 0.3) is 0 Å². The first-order valence-electron chi connectivity index (χ1n) is 9.25. The van der Waals surface area contributed by atoms with E-state index in [2.05, 4.69) is 5.32 Å². The van der Waals surface area contributed by atoms with E-state index in [-0.39, 0.29) is 35.3 Å². The minimum absolute atomic E-state index is 0.0511. The number of hydrogen-bond acceptors (Lipinski definition) is 4. The fourth-order valence-corrected chi connectivity index (χ4v) is 5.35. The monoisotopic (exact) mass is 378 g/mol. The van der Waals surface area contributed by atoms with Gasteiger partial charge >= 0.3 is 0 Å². The SMILES string of the molecule is O=C(NC1CCS(=O)(=O)C1)C1CCN(C(=O)CCc2ccccc2)CC1. The largest absolute Gasteiger partial charge is 0.352 e. The highest BCUT2D eigenvalue weighted by atomic mass is 32.2. The van der Waals surface area contributed by atoms with Gasteiger partial charge in [0, 0.05) is 31.5 Å². The van der Waals surface area contributed by atoms with E-state index in [0.717, 1.165) is 12.0 Å². The number of nitrogens with zero attached hydrogens (tertiary/aromatic N) is 1. The average molecular weight is 378 g/mol. The zero-order chi connectivity index (χ0) is 18.6. The van der Waals surface area contributed by atoms with Crippen LogP contribution in [0.2, 0.25) is 0 Å². The van der Waals surface area contributed by atoms with Gasteiger partial charge in [-0.15, -0.1) is 0 Å². The minimum atomic E-state index is -2.99. The molecule has 0 aromatic heterocycles. The molecule has 0 radical (unpaired) electrons. The third kappa shape index (κ3) is 5.06. The Morgan fingerprint density at radius 2 is 1.77 bits per heavy atom. The molecule has 2 aliphatic heterocycles. The molecule has 26 heavy (non-hydrogen) atoms. The summed E-state index contributed by atoms with van der Waals surface area (Å²) in [6.45, 7) is 1.18. The summed E-state index contributed by atoms with van der Waals surface area (Å²) in [5.74, 6) is 0.150. The number of rotatable bonds is 5. The second-order valence-corrected chi connectivity index (χ2v) is 9.48. The highest BCUT2D eigenvalue weighted by Crippen LogP contribution is 2.20. The van der Waals surface area contributed by atoms with Gasteiger partial charge in [-0.1, -0.05) is 30.3 Å². The number of hydrogen-bond donors (Lipinski definition) is 1. The highest BCUT2D eigenvalue weighted by molar-refractivity contribution is 7.91. The van der Waals surface area contributed by atoms with Gasteiger partial charge in [0.05, 0.1) is 11.5 Å². The van der Waals surface area contributed by atoms with Crippen molar-refractivity contribution in [1.82, 2.24) is 10.2 Å². The number of nitrogens with one attached hydrogen (secondary N) is 1. The van der Waals surface area contributed by atoms with Crippen molar-refractivity contribution in [2.24, 2.45) is 5.92 Å². The molecule has 2 aliphatic rings. The standard InChI is InChI=1S/C19H26N2O4S/c22-18(7-6-15-4-2-1-3-5-15)21-11-8-16(9-12-21)19(23)20-17-10-13-26(24,25)14-17/h1-5,16-17H,6-14H2,(H,20,23). The molecule has 2 saturated heterocycles. The Kier molecular flexibility index (Phi) is 5.96. The van der Waals surface area contributed by atoms with Crippen LogP contribution in [0.5, 0.6) is 0 Å². The molecule has 1 aromatic rings. The molecule has 7 heteroatoms. The maximum Gasteiger partial charge on any atom is 0.223 e. The maximum absolute atomic E-state index is 12.4. The Morgan fingerprint density at radius 1 is 1.08 bits per heavy atom. The van der Waals surface area contributed by atoms with Crippen molar-refractivity contribution < 1.29 is 18.0 Å². The molecule has 6 nitrogen and oxygen atoms in total. The van der Waals surface area contributed by atoms with Crippen LogP contribution in [0.15, 0.2) is 30.3 Å². The van der Waals surface area contributed by atoms with Crippen LogP contribution in [0.1, 0.15) is 31.2 Å². The molecule has 1 aromatic carbocycles. The molecule has 0 spiro atoms. The molecule has 0 saturated carbocycles. The minimum Gasteiger partial charge on any atom is -0.352 e. The number of aryl methyl sites for hydroxylation is 1. The van der Waals surface area contributed by atoms with Crippen LogP contribution in [0, 0.1) is 5.92 Å². The van der Waals surface area contributed by atoms with Gasteiger partial charge in [0.2, 0.25) is 11.8 Å². The Bertz CT molecular complexity index is 740. The lowest BCUT2D eigenvalue weighted by Crippen LogP contribution is -2.45. The van der Waals surface area contributed by atoms with Crippen molar-refractivity contribution in [3.05, 3.63) is 35.9 Å².